The number of rotatable bonds is 5. The van der Waals surface area contributed by atoms with E-state index in [1.165, 1.54) is 32.2 Å². The van der Waals surface area contributed by atoms with E-state index in [1.54, 1.807) is 0 Å². The maximum Gasteiger partial charge on any atom is 0.340 e. The molecule has 24 heavy (non-hydrogen) atoms. The Hall–Kier alpha value is -2.64. The van der Waals surface area contributed by atoms with Gasteiger partial charge in [0.15, 0.2) is 0 Å². The highest BCUT2D eigenvalue weighted by Crippen LogP contribution is 2.28. The minimum absolute atomic E-state index is 0.0718. The van der Waals surface area contributed by atoms with Gasteiger partial charge < -0.3 is 14.8 Å². The standard InChI is InChI=1S/C16H20N2O6/c1-10(19)24-13-6-3-11(4-7-13)17-15-8-5-12(18(21)22)9-14(15)16(20)23-2/h5,8-9,11,13,17H,3-4,6-7H2,1-2H3. The number of nitrogens with zero attached hydrogens (tertiary/aromatic N) is 1. The van der Waals surface area contributed by atoms with Crippen molar-refractivity contribution in [2.45, 2.75) is 44.8 Å². The van der Waals surface area contributed by atoms with Crippen molar-refractivity contribution < 1.29 is 24.0 Å². The molecule has 1 aliphatic rings. The van der Waals surface area contributed by atoms with Crippen molar-refractivity contribution in [2.24, 2.45) is 0 Å². The first kappa shape index (κ1) is 17.7. The van der Waals surface area contributed by atoms with Crippen molar-refractivity contribution in [2.75, 3.05) is 12.4 Å². The number of esters is 2. The van der Waals surface area contributed by atoms with E-state index >= 15 is 0 Å². The SMILES string of the molecule is COC(=O)c1cc([N+](=O)[O-])ccc1NC1CCC(OC(C)=O)CC1. The number of non-ortho nitro benzene ring substituents is 1. The summed E-state index contributed by atoms with van der Waals surface area (Å²) in [6.45, 7) is 1.39. The number of hydrogen-bond acceptors (Lipinski definition) is 7. The molecule has 0 atom stereocenters. The van der Waals surface area contributed by atoms with Gasteiger partial charge in [-0.1, -0.05) is 0 Å². The van der Waals surface area contributed by atoms with Gasteiger partial charge in [0.05, 0.1) is 17.6 Å². The van der Waals surface area contributed by atoms with E-state index in [9.17, 15) is 19.7 Å². The summed E-state index contributed by atoms with van der Waals surface area (Å²) in [5.74, 6) is -0.912. The number of carbonyl (C=O) groups excluding carboxylic acids is 2. The second kappa shape index (κ2) is 7.76. The number of nitrogens with one attached hydrogen (secondary N) is 1. The minimum Gasteiger partial charge on any atom is -0.465 e. The molecular formula is C16H20N2O6. The Balaban J connectivity index is 2.08. The second-order valence-corrected chi connectivity index (χ2v) is 5.71. The van der Waals surface area contributed by atoms with E-state index in [0.717, 1.165) is 25.7 Å². The Kier molecular flexibility index (Phi) is 5.73. The van der Waals surface area contributed by atoms with Gasteiger partial charge in [-0.2, -0.15) is 0 Å². The van der Waals surface area contributed by atoms with Crippen LogP contribution in [0, 0.1) is 10.1 Å². The number of nitro groups is 1. The molecule has 0 radical (unpaired) electrons. The third-order valence-electron chi connectivity index (χ3n) is 3.99. The smallest absolute Gasteiger partial charge is 0.340 e. The fourth-order valence-corrected chi connectivity index (χ4v) is 2.83. The van der Waals surface area contributed by atoms with Crippen molar-refractivity contribution >= 4 is 23.3 Å². The first-order valence-corrected chi connectivity index (χ1v) is 7.71. The quantitative estimate of drug-likeness (QED) is 0.500. The Bertz CT molecular complexity index is 637. The van der Waals surface area contributed by atoms with E-state index in [2.05, 4.69) is 5.32 Å². The highest BCUT2D eigenvalue weighted by atomic mass is 16.6. The summed E-state index contributed by atoms with van der Waals surface area (Å²) in [4.78, 5) is 33.2. The fourth-order valence-electron chi connectivity index (χ4n) is 2.83. The molecule has 1 aliphatic carbocycles. The molecule has 0 heterocycles. The first-order chi connectivity index (χ1) is 11.4. The molecule has 8 nitrogen and oxygen atoms in total. The van der Waals surface area contributed by atoms with Crippen LogP contribution in [0.1, 0.15) is 43.0 Å². The molecule has 0 aliphatic heterocycles. The van der Waals surface area contributed by atoms with Crippen LogP contribution in [0.3, 0.4) is 0 Å². The molecule has 0 amide bonds. The maximum absolute atomic E-state index is 11.9. The lowest BCUT2D eigenvalue weighted by Crippen LogP contribution is -2.31. The molecule has 0 spiro atoms. The number of benzene rings is 1. The van der Waals surface area contributed by atoms with Crippen LogP contribution in [0.15, 0.2) is 18.2 Å². The minimum atomic E-state index is -0.630. The summed E-state index contributed by atoms with van der Waals surface area (Å²) >= 11 is 0. The van der Waals surface area contributed by atoms with Gasteiger partial charge in [0.25, 0.3) is 5.69 Å². The van der Waals surface area contributed by atoms with Crippen LogP contribution in [-0.4, -0.2) is 36.1 Å². The predicted molar refractivity (Wildman–Crippen MR) is 85.9 cm³/mol. The Morgan fingerprint density at radius 3 is 2.46 bits per heavy atom. The van der Waals surface area contributed by atoms with Gasteiger partial charge in [-0.15, -0.1) is 0 Å². The molecule has 0 aromatic heterocycles. The molecule has 1 aromatic rings. The van der Waals surface area contributed by atoms with E-state index in [0.29, 0.717) is 5.69 Å². The van der Waals surface area contributed by atoms with Crippen LogP contribution in [0.4, 0.5) is 11.4 Å². The lowest BCUT2D eigenvalue weighted by molar-refractivity contribution is -0.384. The van der Waals surface area contributed by atoms with Gasteiger partial charge in [0.2, 0.25) is 0 Å². The van der Waals surface area contributed by atoms with Crippen LogP contribution in [-0.2, 0) is 14.3 Å². The molecule has 0 bridgehead atoms. The number of anilines is 1. The van der Waals surface area contributed by atoms with Crippen molar-refractivity contribution in [1.29, 1.82) is 0 Å². The molecule has 2 rings (SSSR count). The average Bonchev–Trinajstić information content (AvgIpc) is 2.55. The molecule has 130 valence electrons. The Morgan fingerprint density at radius 1 is 1.25 bits per heavy atom. The largest absolute Gasteiger partial charge is 0.465 e. The molecule has 0 saturated heterocycles. The summed E-state index contributed by atoms with van der Waals surface area (Å²) in [7, 11) is 1.23. The van der Waals surface area contributed by atoms with Crippen LogP contribution in [0.25, 0.3) is 0 Å². The summed E-state index contributed by atoms with van der Waals surface area (Å²) in [6, 6.07) is 4.17. The summed E-state index contributed by atoms with van der Waals surface area (Å²) < 4.78 is 9.90. The van der Waals surface area contributed by atoms with Crippen molar-refractivity contribution in [3.05, 3.63) is 33.9 Å². The number of nitro benzene ring substituents is 1. The van der Waals surface area contributed by atoms with Crippen LogP contribution in [0.5, 0.6) is 0 Å². The molecule has 8 heteroatoms. The molecule has 0 unspecified atom stereocenters. The van der Waals surface area contributed by atoms with Gasteiger partial charge in [0, 0.05) is 30.8 Å². The van der Waals surface area contributed by atoms with Crippen LogP contribution < -0.4 is 5.32 Å². The zero-order chi connectivity index (χ0) is 17.7. The molecule has 1 aromatic carbocycles. The molecular weight excluding hydrogens is 316 g/mol. The zero-order valence-corrected chi connectivity index (χ0v) is 13.6. The number of carbonyl (C=O) groups is 2. The number of ether oxygens (including phenoxy) is 2. The summed E-state index contributed by atoms with van der Waals surface area (Å²) in [5, 5.41) is 14.1. The Labute approximate surface area is 139 Å². The molecule has 1 N–H and O–H groups in total. The monoisotopic (exact) mass is 336 g/mol. The van der Waals surface area contributed by atoms with Gasteiger partial charge >= 0.3 is 11.9 Å². The predicted octanol–water partition coefficient (Wildman–Crippen LogP) is 2.67. The molecule has 1 saturated carbocycles. The van der Waals surface area contributed by atoms with E-state index < -0.39 is 10.9 Å². The lowest BCUT2D eigenvalue weighted by atomic mass is 9.92. The lowest BCUT2D eigenvalue weighted by Gasteiger charge is -2.29. The zero-order valence-electron chi connectivity index (χ0n) is 13.6. The number of hydrogen-bond donors (Lipinski definition) is 1. The maximum atomic E-state index is 11.9. The van der Waals surface area contributed by atoms with Crippen molar-refractivity contribution in [3.8, 4) is 0 Å². The van der Waals surface area contributed by atoms with Crippen LogP contribution >= 0.6 is 0 Å². The van der Waals surface area contributed by atoms with Gasteiger partial charge in [0.1, 0.15) is 6.10 Å². The van der Waals surface area contributed by atoms with Gasteiger partial charge in [-0.25, -0.2) is 4.79 Å². The fraction of sp³-hybridized carbons (Fsp3) is 0.500. The number of methoxy groups -OCH3 is 1. The van der Waals surface area contributed by atoms with Gasteiger partial charge in [-0.3, -0.25) is 14.9 Å². The first-order valence-electron chi connectivity index (χ1n) is 7.71. The average molecular weight is 336 g/mol. The summed E-state index contributed by atoms with van der Waals surface area (Å²) in [5.41, 5.74) is 0.469. The topological polar surface area (TPSA) is 108 Å². The summed E-state index contributed by atoms with van der Waals surface area (Å²) in [6.07, 6.45) is 2.94. The van der Waals surface area contributed by atoms with E-state index in [1.807, 2.05) is 0 Å². The van der Waals surface area contributed by atoms with E-state index in [-0.39, 0.29) is 29.4 Å². The Morgan fingerprint density at radius 2 is 1.92 bits per heavy atom. The van der Waals surface area contributed by atoms with Gasteiger partial charge in [-0.05, 0) is 31.7 Å². The third-order valence-corrected chi connectivity index (χ3v) is 3.99. The highest BCUT2D eigenvalue weighted by molar-refractivity contribution is 5.96. The van der Waals surface area contributed by atoms with Crippen molar-refractivity contribution in [3.63, 3.8) is 0 Å². The van der Waals surface area contributed by atoms with Crippen LogP contribution in [0.2, 0.25) is 0 Å². The van der Waals surface area contributed by atoms with Crippen molar-refractivity contribution in [1.82, 2.24) is 0 Å². The molecule has 1 fully saturated rings. The second-order valence-electron chi connectivity index (χ2n) is 5.71. The third kappa shape index (κ3) is 4.43. The normalized spacial score (nSPS) is 20.1. The highest BCUT2D eigenvalue weighted by Gasteiger charge is 2.25. The van der Waals surface area contributed by atoms with E-state index in [4.69, 9.17) is 9.47 Å².